The Morgan fingerprint density at radius 2 is 1.86 bits per heavy atom. The van der Waals surface area contributed by atoms with Gasteiger partial charge in [0.05, 0.1) is 12.2 Å². The fourth-order valence-corrected chi connectivity index (χ4v) is 8.20. The van der Waals surface area contributed by atoms with Gasteiger partial charge in [-0.25, -0.2) is 0 Å². The van der Waals surface area contributed by atoms with E-state index in [1.54, 1.807) is 6.08 Å². The Bertz CT molecular complexity index is 1120. The van der Waals surface area contributed by atoms with Crippen molar-refractivity contribution in [1.29, 1.82) is 0 Å². The van der Waals surface area contributed by atoms with Crippen LogP contribution in [0.2, 0.25) is 0 Å². The first kappa shape index (κ1) is 26.0. The van der Waals surface area contributed by atoms with Crippen LogP contribution < -0.4 is 0 Å². The van der Waals surface area contributed by atoms with Crippen molar-refractivity contribution in [2.75, 3.05) is 12.4 Å². The maximum Gasteiger partial charge on any atom is 0.307 e. The van der Waals surface area contributed by atoms with Crippen molar-refractivity contribution < 1.29 is 42.3 Å². The van der Waals surface area contributed by atoms with Crippen molar-refractivity contribution in [2.24, 2.45) is 34.5 Å². The molecular weight excluding hydrogens is 476 g/mol. The summed E-state index contributed by atoms with van der Waals surface area (Å²) in [6.45, 7) is 5.06. The first-order valence-corrected chi connectivity index (χ1v) is 13.8. The lowest BCUT2D eigenvalue weighted by Crippen LogP contribution is -2.59. The number of carbonyl (C=O) groups is 3. The van der Waals surface area contributed by atoms with Crippen LogP contribution in [0.25, 0.3) is 0 Å². The van der Waals surface area contributed by atoms with Gasteiger partial charge in [0.2, 0.25) is 5.78 Å². The zero-order valence-corrected chi connectivity index (χ0v) is 21.1. The van der Waals surface area contributed by atoms with Gasteiger partial charge in [0, 0.05) is 16.9 Å². The van der Waals surface area contributed by atoms with Crippen molar-refractivity contribution in [3.05, 3.63) is 23.5 Å². The summed E-state index contributed by atoms with van der Waals surface area (Å²) >= 11 is 0. The van der Waals surface area contributed by atoms with E-state index < -0.39 is 57.1 Å². The average molecular weight is 511 g/mol. The number of aliphatic hydroxyl groups is 2. The highest BCUT2D eigenvalue weighted by Crippen LogP contribution is 2.68. The van der Waals surface area contributed by atoms with Crippen LogP contribution in [0.15, 0.2) is 23.5 Å². The maximum absolute atomic E-state index is 13.3. The number of aliphatic hydroxyl groups excluding tert-OH is 1. The van der Waals surface area contributed by atoms with E-state index in [9.17, 15) is 33.0 Å². The zero-order valence-electron chi connectivity index (χ0n) is 20.3. The second-order valence-corrected chi connectivity index (χ2v) is 12.8. The van der Waals surface area contributed by atoms with Gasteiger partial charge in [-0.15, -0.1) is 0 Å². The molecule has 0 aromatic rings. The zero-order chi connectivity index (χ0) is 26.0. The third-order valence-electron chi connectivity index (χ3n) is 9.65. The highest BCUT2D eigenvalue weighted by atomic mass is 32.2. The molecule has 10 heteroatoms. The van der Waals surface area contributed by atoms with Gasteiger partial charge in [0.15, 0.2) is 12.4 Å². The second-order valence-electron chi connectivity index (χ2n) is 11.2. The lowest BCUT2D eigenvalue weighted by Gasteiger charge is -2.58. The van der Waals surface area contributed by atoms with Crippen molar-refractivity contribution in [1.82, 2.24) is 0 Å². The standard InChI is InChI=1S/C25H34O9S/c1-14-10-19-17-5-4-15-11-16(26)12-20(27)24(15,3)18(17)6-8-23(19,2)25(14,30)21(28)13-34-22(29)7-9-35(31,32)33/h11-12,14,17-19,27,30H,4-10,13H2,1-3H3,(H,31,32,33)/t14?,17-,18+,19+,23+,24+,25+/m1/s1. The smallest absolute Gasteiger partial charge is 0.307 e. The van der Waals surface area contributed by atoms with Crippen LogP contribution in [0.3, 0.4) is 0 Å². The Morgan fingerprint density at radius 1 is 1.17 bits per heavy atom. The minimum atomic E-state index is -4.33. The number of ketones is 2. The third kappa shape index (κ3) is 3.97. The first-order chi connectivity index (χ1) is 16.1. The Balaban J connectivity index is 1.54. The summed E-state index contributed by atoms with van der Waals surface area (Å²) < 4.78 is 35.4. The third-order valence-corrected chi connectivity index (χ3v) is 10.4. The van der Waals surface area contributed by atoms with Crippen LogP contribution in [0.1, 0.15) is 59.3 Å². The van der Waals surface area contributed by atoms with Crippen LogP contribution in [-0.2, 0) is 29.2 Å². The van der Waals surface area contributed by atoms with Crippen molar-refractivity contribution in [3.63, 3.8) is 0 Å². The molecule has 0 amide bonds. The number of allylic oxidation sites excluding steroid dienone is 3. The summed E-state index contributed by atoms with van der Waals surface area (Å²) in [4.78, 5) is 37.2. The molecule has 0 spiro atoms. The summed E-state index contributed by atoms with van der Waals surface area (Å²) in [7, 11) is -4.33. The molecule has 0 bridgehead atoms. The molecule has 0 aromatic carbocycles. The van der Waals surface area contributed by atoms with Crippen LogP contribution in [0.5, 0.6) is 0 Å². The molecule has 1 unspecified atom stereocenters. The number of hydrogen-bond donors (Lipinski definition) is 3. The van der Waals surface area contributed by atoms with E-state index in [1.165, 1.54) is 6.08 Å². The number of carbonyl (C=O) groups excluding carboxylic acids is 3. The number of ether oxygens (including phenoxy) is 1. The molecule has 3 saturated carbocycles. The number of Topliss-reactive ketones (excluding diaryl/α,β-unsaturated/α-hetero) is 1. The van der Waals surface area contributed by atoms with Crippen LogP contribution in [0, 0.1) is 34.5 Å². The Labute approximate surface area is 205 Å². The van der Waals surface area contributed by atoms with E-state index >= 15 is 0 Å². The number of fused-ring (bicyclic) bond motifs is 5. The molecule has 4 aliphatic rings. The molecule has 4 rings (SSSR count). The minimum Gasteiger partial charge on any atom is -0.511 e. The molecule has 194 valence electrons. The molecule has 9 nitrogen and oxygen atoms in total. The van der Waals surface area contributed by atoms with Gasteiger partial charge in [-0.1, -0.05) is 19.4 Å². The lowest BCUT2D eigenvalue weighted by atomic mass is 9.46. The van der Waals surface area contributed by atoms with E-state index in [1.807, 2.05) is 20.8 Å². The van der Waals surface area contributed by atoms with Gasteiger partial charge in [0.1, 0.15) is 11.4 Å². The van der Waals surface area contributed by atoms with Crippen molar-refractivity contribution in [2.45, 2.75) is 64.9 Å². The predicted molar refractivity (Wildman–Crippen MR) is 125 cm³/mol. The average Bonchev–Trinajstić information content (AvgIpc) is 2.98. The number of rotatable bonds is 6. The summed E-state index contributed by atoms with van der Waals surface area (Å²) in [6, 6.07) is 0. The van der Waals surface area contributed by atoms with Gasteiger partial charge < -0.3 is 14.9 Å². The van der Waals surface area contributed by atoms with Crippen LogP contribution >= 0.6 is 0 Å². The molecule has 0 aliphatic heterocycles. The summed E-state index contributed by atoms with van der Waals surface area (Å²) in [5.74, 6) is -2.62. The van der Waals surface area contributed by atoms with Gasteiger partial charge in [-0.3, -0.25) is 18.9 Å². The molecule has 0 saturated heterocycles. The predicted octanol–water partition coefficient (Wildman–Crippen LogP) is 2.55. The summed E-state index contributed by atoms with van der Waals surface area (Å²) in [5, 5.41) is 22.7. The molecule has 7 atom stereocenters. The van der Waals surface area contributed by atoms with Gasteiger partial charge in [-0.2, -0.15) is 8.42 Å². The Morgan fingerprint density at radius 3 is 2.51 bits per heavy atom. The summed E-state index contributed by atoms with van der Waals surface area (Å²) in [5.41, 5.74) is -2.16. The number of esters is 1. The minimum absolute atomic E-state index is 0.00392. The molecule has 4 aliphatic carbocycles. The fraction of sp³-hybridized carbons (Fsp3) is 0.720. The Hall–Kier alpha value is -2.04. The molecule has 35 heavy (non-hydrogen) atoms. The number of hydrogen-bond acceptors (Lipinski definition) is 8. The quantitative estimate of drug-likeness (QED) is 0.361. The van der Waals surface area contributed by atoms with E-state index in [0.717, 1.165) is 12.0 Å². The first-order valence-electron chi connectivity index (χ1n) is 12.2. The SMILES string of the molecule is CC1C[C@H]2[C@@H]3CCC4=CC(=O)C=C(O)[C@]4(C)[C@H]3CC[C@]2(C)[C@@]1(O)C(=O)COC(=O)CCS(=O)(=O)O. The van der Waals surface area contributed by atoms with Crippen LogP contribution in [0.4, 0.5) is 0 Å². The Kier molecular flexibility index (Phi) is 6.34. The van der Waals surface area contributed by atoms with Crippen molar-refractivity contribution >= 4 is 27.7 Å². The molecule has 0 aromatic heterocycles. The fourth-order valence-electron chi connectivity index (χ4n) is 7.78. The molecule has 3 fully saturated rings. The lowest BCUT2D eigenvalue weighted by molar-refractivity contribution is -0.174. The van der Waals surface area contributed by atoms with E-state index in [2.05, 4.69) is 0 Å². The van der Waals surface area contributed by atoms with E-state index in [0.29, 0.717) is 25.7 Å². The van der Waals surface area contributed by atoms with E-state index in [-0.39, 0.29) is 35.2 Å². The topological polar surface area (TPSA) is 155 Å². The summed E-state index contributed by atoms with van der Waals surface area (Å²) in [6.07, 6.45) is 5.62. The highest BCUT2D eigenvalue weighted by Gasteiger charge is 2.69. The van der Waals surface area contributed by atoms with Gasteiger partial charge in [0.25, 0.3) is 10.1 Å². The van der Waals surface area contributed by atoms with Gasteiger partial charge >= 0.3 is 5.97 Å². The second kappa shape index (κ2) is 8.52. The molecule has 3 N–H and O–H groups in total. The molecule has 0 radical (unpaired) electrons. The molecular formula is C25H34O9S. The molecule has 0 heterocycles. The van der Waals surface area contributed by atoms with E-state index in [4.69, 9.17) is 9.29 Å². The largest absolute Gasteiger partial charge is 0.511 e. The monoisotopic (exact) mass is 510 g/mol. The van der Waals surface area contributed by atoms with Gasteiger partial charge in [-0.05, 0) is 68.8 Å². The van der Waals surface area contributed by atoms with Crippen molar-refractivity contribution in [3.8, 4) is 0 Å². The maximum atomic E-state index is 13.3. The normalized spacial score (nSPS) is 40.7. The highest BCUT2D eigenvalue weighted by molar-refractivity contribution is 7.85. The van der Waals surface area contributed by atoms with Crippen LogP contribution in [-0.4, -0.2) is 58.7 Å².